The molecule has 11 rings (SSSR count). The van der Waals surface area contributed by atoms with Crippen molar-refractivity contribution >= 4 is 34.1 Å². The van der Waals surface area contributed by atoms with Crippen molar-refractivity contribution < 1.29 is 19.1 Å². The molecule has 0 saturated heterocycles. The van der Waals surface area contributed by atoms with Crippen molar-refractivity contribution in [2.24, 2.45) is 0 Å². The lowest BCUT2D eigenvalue weighted by Crippen LogP contribution is -2.35. The summed E-state index contributed by atoms with van der Waals surface area (Å²) >= 11 is 0. The van der Waals surface area contributed by atoms with Crippen LogP contribution in [0.2, 0.25) is 0 Å². The zero-order valence-corrected chi connectivity index (χ0v) is 27.9. The van der Waals surface area contributed by atoms with Gasteiger partial charge in [0, 0.05) is 99.3 Å². The molecule has 246 valence electrons. The lowest BCUT2D eigenvalue weighted by Gasteiger charge is -2.40. The summed E-state index contributed by atoms with van der Waals surface area (Å²) in [5.74, 6) is 3.07. The van der Waals surface area contributed by atoms with Crippen LogP contribution in [-0.2, 0) is 35.3 Å². The molecule has 6 heterocycles. The van der Waals surface area contributed by atoms with Gasteiger partial charge in [-0.15, -0.1) is 0 Å². The van der Waals surface area contributed by atoms with Crippen LogP contribution in [0.5, 0.6) is 23.0 Å². The maximum Gasteiger partial charge on any atom is 0.186 e. The van der Waals surface area contributed by atoms with Crippen molar-refractivity contribution in [2.45, 2.75) is 51.4 Å². The first-order valence-electron chi connectivity index (χ1n) is 18.3. The minimum absolute atomic E-state index is 0.0157. The molecule has 3 aromatic rings. The van der Waals surface area contributed by atoms with E-state index in [9.17, 15) is 9.59 Å². The van der Waals surface area contributed by atoms with Gasteiger partial charge >= 0.3 is 0 Å². The molecule has 3 aromatic carbocycles. The van der Waals surface area contributed by atoms with Gasteiger partial charge in [-0.25, -0.2) is 0 Å². The van der Waals surface area contributed by atoms with Gasteiger partial charge in [0.05, 0.1) is 0 Å². The van der Waals surface area contributed by atoms with Crippen molar-refractivity contribution in [3.63, 3.8) is 0 Å². The monoisotopic (exact) mass is 656 g/mol. The summed E-state index contributed by atoms with van der Waals surface area (Å²) in [6.07, 6.45) is 23.0. The highest BCUT2D eigenvalue weighted by molar-refractivity contribution is 6.18. The summed E-state index contributed by atoms with van der Waals surface area (Å²) in [7, 11) is 0. The highest BCUT2D eigenvalue weighted by Crippen LogP contribution is 2.58. The normalized spacial score (nSPS) is 23.4. The maximum atomic E-state index is 13.7. The highest BCUT2D eigenvalue weighted by atomic mass is 16.5. The molecule has 0 atom stereocenters. The van der Waals surface area contributed by atoms with Gasteiger partial charge in [0.2, 0.25) is 0 Å². The van der Waals surface area contributed by atoms with Crippen molar-refractivity contribution in [2.75, 3.05) is 36.0 Å². The number of allylic oxidation sites excluding steroid dienone is 10. The molecule has 0 saturated carbocycles. The summed E-state index contributed by atoms with van der Waals surface area (Å²) in [6.45, 7) is 4.28. The van der Waals surface area contributed by atoms with Crippen LogP contribution in [0.3, 0.4) is 0 Å². The molecule has 0 radical (unpaired) electrons. The van der Waals surface area contributed by atoms with Crippen LogP contribution in [-0.4, -0.2) is 37.7 Å². The lowest BCUT2D eigenvalue weighted by molar-refractivity contribution is -0.111. The van der Waals surface area contributed by atoms with E-state index in [-0.39, 0.29) is 11.6 Å². The standard InChI is InChI=1S/C44H36N2O4/c47-35-15-3-1-11-27(35)39-31-23-32-38(24-37(31)49-43-29-13-7-19-45-17-5-9-25(41(29)45)21-33(39)43)50-44-30-14-8-20-46-18-6-10-26(42(30)46)22-34(44)40(32)28-12-2-4-16-36(28)48/h1-4,11-12,15-16,21-24H,5-10,13-14,17-20H2. The summed E-state index contributed by atoms with van der Waals surface area (Å²) in [5, 5.41) is 0. The van der Waals surface area contributed by atoms with Crippen LogP contribution in [0.15, 0.2) is 84.0 Å². The SMILES string of the molecule is O=C1C=CC=CC1=C1c2cc3c(cc2Oc2c1cc1c4c2CCCN4CCC1)Oc1c(cc2c4c1CCCN4CCC2)C3=C1C=CC=CC1=O. The third-order valence-electron chi connectivity index (χ3n) is 11.8. The second kappa shape index (κ2) is 10.6. The third kappa shape index (κ3) is 3.96. The third-order valence-corrected chi connectivity index (χ3v) is 11.8. The van der Waals surface area contributed by atoms with Gasteiger partial charge < -0.3 is 19.3 Å². The predicted molar refractivity (Wildman–Crippen MR) is 196 cm³/mol. The van der Waals surface area contributed by atoms with Crippen LogP contribution in [0.25, 0.3) is 11.1 Å². The minimum atomic E-state index is -0.0157. The Morgan fingerprint density at radius 3 is 1.38 bits per heavy atom. The Morgan fingerprint density at radius 2 is 0.920 bits per heavy atom. The van der Waals surface area contributed by atoms with Crippen molar-refractivity contribution in [3.05, 3.63) is 129 Å². The van der Waals surface area contributed by atoms with Crippen LogP contribution in [0.1, 0.15) is 70.2 Å². The number of aryl methyl sites for hydroxylation is 2. The molecule has 0 amide bonds. The zero-order chi connectivity index (χ0) is 33.1. The van der Waals surface area contributed by atoms with Gasteiger partial charge in [0.15, 0.2) is 11.6 Å². The molecule has 0 N–H and O–H groups in total. The number of carbonyl (C=O) groups excluding carboxylic acids is 2. The minimum Gasteiger partial charge on any atom is -0.456 e. The summed E-state index contributed by atoms with van der Waals surface area (Å²) < 4.78 is 14.0. The van der Waals surface area contributed by atoms with Crippen molar-refractivity contribution in [3.8, 4) is 23.0 Å². The number of anilines is 2. The van der Waals surface area contributed by atoms with Gasteiger partial charge in [0.25, 0.3) is 0 Å². The first-order chi connectivity index (χ1) is 24.6. The summed E-state index contributed by atoms with van der Waals surface area (Å²) in [4.78, 5) is 32.5. The second-order valence-corrected chi connectivity index (χ2v) is 14.7. The number of hydrogen-bond acceptors (Lipinski definition) is 6. The molecule has 8 aliphatic rings. The molecule has 2 aliphatic carbocycles. The first kappa shape index (κ1) is 28.5. The van der Waals surface area contributed by atoms with Crippen LogP contribution in [0, 0.1) is 0 Å². The average molecular weight is 657 g/mol. The van der Waals surface area contributed by atoms with Gasteiger partial charge in [-0.3, -0.25) is 9.59 Å². The van der Waals surface area contributed by atoms with E-state index in [1.165, 1.54) is 33.6 Å². The Balaban J connectivity index is 1.20. The molecule has 0 spiro atoms. The first-order valence-corrected chi connectivity index (χ1v) is 18.3. The molecule has 6 nitrogen and oxygen atoms in total. The van der Waals surface area contributed by atoms with E-state index < -0.39 is 0 Å². The van der Waals surface area contributed by atoms with Gasteiger partial charge in [-0.05, 0) is 92.8 Å². The molecule has 6 aliphatic heterocycles. The quantitative estimate of drug-likeness (QED) is 0.156. The molecular weight excluding hydrogens is 620 g/mol. The van der Waals surface area contributed by atoms with Crippen LogP contribution >= 0.6 is 0 Å². The molecular formula is C44H36N2O4. The molecule has 0 aromatic heterocycles. The van der Waals surface area contributed by atoms with E-state index in [1.807, 2.05) is 42.5 Å². The summed E-state index contributed by atoms with van der Waals surface area (Å²) in [6, 6.07) is 8.75. The van der Waals surface area contributed by atoms with Crippen LogP contribution < -0.4 is 19.3 Å². The Kier molecular flexibility index (Phi) is 6.02. The smallest absolute Gasteiger partial charge is 0.186 e. The largest absolute Gasteiger partial charge is 0.456 e. The number of carbonyl (C=O) groups is 2. The molecule has 0 unspecified atom stereocenters. The fourth-order valence-electron chi connectivity index (χ4n) is 9.82. The number of hydrogen-bond donors (Lipinski definition) is 0. The van der Waals surface area contributed by atoms with Crippen molar-refractivity contribution in [1.29, 1.82) is 0 Å². The molecule has 0 fully saturated rings. The number of ketones is 2. The predicted octanol–water partition coefficient (Wildman–Crippen LogP) is 8.29. The highest BCUT2D eigenvalue weighted by Gasteiger charge is 2.39. The van der Waals surface area contributed by atoms with E-state index in [1.54, 1.807) is 12.2 Å². The Labute approximate surface area is 291 Å². The van der Waals surface area contributed by atoms with E-state index >= 15 is 0 Å². The Morgan fingerprint density at radius 1 is 0.480 bits per heavy atom. The molecule has 50 heavy (non-hydrogen) atoms. The number of rotatable bonds is 0. The zero-order valence-electron chi connectivity index (χ0n) is 27.9. The fourth-order valence-corrected chi connectivity index (χ4v) is 9.82. The Hall–Kier alpha value is -5.36. The topological polar surface area (TPSA) is 59.1 Å². The van der Waals surface area contributed by atoms with E-state index in [4.69, 9.17) is 9.47 Å². The Bertz CT molecular complexity index is 2170. The maximum absolute atomic E-state index is 13.7. The fraction of sp³-hybridized carbons (Fsp3) is 0.273. The van der Waals surface area contributed by atoms with Gasteiger partial charge in [-0.2, -0.15) is 0 Å². The second-order valence-electron chi connectivity index (χ2n) is 14.7. The molecule has 6 heteroatoms. The van der Waals surface area contributed by atoms with Crippen molar-refractivity contribution in [1.82, 2.24) is 0 Å². The van der Waals surface area contributed by atoms with E-state index in [0.29, 0.717) is 22.6 Å². The van der Waals surface area contributed by atoms with Crippen LogP contribution in [0.4, 0.5) is 11.4 Å². The van der Waals surface area contributed by atoms with E-state index in [2.05, 4.69) is 28.0 Å². The number of ether oxygens (including phenoxy) is 2. The van der Waals surface area contributed by atoms with Gasteiger partial charge in [0.1, 0.15) is 23.0 Å². The van der Waals surface area contributed by atoms with E-state index in [0.717, 1.165) is 122 Å². The average Bonchev–Trinajstić information content (AvgIpc) is 3.14. The number of nitrogens with zero attached hydrogens (tertiary/aromatic N) is 2. The lowest BCUT2D eigenvalue weighted by atomic mass is 9.78. The number of fused-ring (bicyclic) bond motifs is 6. The summed E-state index contributed by atoms with van der Waals surface area (Å²) in [5.41, 5.74) is 14.7. The molecule has 0 bridgehead atoms. The van der Waals surface area contributed by atoms with Gasteiger partial charge in [-0.1, -0.05) is 36.5 Å². The number of benzene rings is 3.